The molecule has 0 saturated carbocycles. The largest absolute Gasteiger partial charge is 0.350 e. The summed E-state index contributed by atoms with van der Waals surface area (Å²) in [4.78, 5) is 22.0. The number of thiazole rings is 1. The summed E-state index contributed by atoms with van der Waals surface area (Å²) in [5.74, 6) is 0.383. The summed E-state index contributed by atoms with van der Waals surface area (Å²) in [6.45, 7) is 4.53. The number of hydrogen-bond donors (Lipinski definition) is 1. The van der Waals surface area contributed by atoms with Gasteiger partial charge in [0.25, 0.3) is 5.91 Å². The summed E-state index contributed by atoms with van der Waals surface area (Å²) in [6.07, 6.45) is 2.31. The molecule has 0 unspecified atom stereocenters. The second kappa shape index (κ2) is 11.0. The lowest BCUT2D eigenvalue weighted by Gasteiger charge is -2.33. The van der Waals surface area contributed by atoms with Gasteiger partial charge in [0, 0.05) is 38.6 Å². The molecule has 1 fully saturated rings. The first-order chi connectivity index (χ1) is 17.2. The Morgan fingerprint density at radius 3 is 2.77 bits per heavy atom. The highest BCUT2D eigenvalue weighted by atomic mass is 32.1. The summed E-state index contributed by atoms with van der Waals surface area (Å²) >= 11 is 1.51. The van der Waals surface area contributed by atoms with E-state index in [9.17, 15) is 4.79 Å². The Bertz CT molecular complexity index is 1270. The Labute approximate surface area is 211 Å². The molecule has 1 saturated heterocycles. The fourth-order valence-electron chi connectivity index (χ4n) is 4.93. The molecule has 1 aliphatic heterocycles. The van der Waals surface area contributed by atoms with E-state index in [-0.39, 0.29) is 5.91 Å². The first kappa shape index (κ1) is 23.5. The summed E-state index contributed by atoms with van der Waals surface area (Å²) in [7, 11) is 2.01. The number of nitrogens with one attached hydrogen (secondary N) is 1. The topological polar surface area (TPSA) is 48.5 Å². The van der Waals surface area contributed by atoms with Crippen molar-refractivity contribution in [1.29, 1.82) is 0 Å². The van der Waals surface area contributed by atoms with Gasteiger partial charge < -0.3 is 10.2 Å². The number of rotatable bonds is 8. The van der Waals surface area contributed by atoms with Crippen molar-refractivity contribution in [2.24, 2.45) is 5.92 Å². The van der Waals surface area contributed by atoms with Crippen molar-refractivity contribution in [1.82, 2.24) is 15.2 Å². The number of aromatic nitrogens is 1. The van der Waals surface area contributed by atoms with Gasteiger partial charge in [-0.05, 0) is 47.2 Å². The molecule has 0 spiro atoms. The Hall–Kier alpha value is -3.22. The van der Waals surface area contributed by atoms with Gasteiger partial charge in [-0.3, -0.25) is 9.69 Å². The predicted octanol–water partition coefficient (Wildman–Crippen LogP) is 5.57. The molecule has 1 aliphatic rings. The van der Waals surface area contributed by atoms with Crippen molar-refractivity contribution < 1.29 is 4.79 Å². The molecule has 2 heterocycles. The Kier molecular flexibility index (Phi) is 7.40. The molecular weight excluding hydrogens is 452 g/mol. The number of benzene rings is 3. The molecule has 4 aromatic rings. The number of anilines is 1. The number of carbonyl (C=O) groups is 1. The molecule has 1 aromatic heterocycles. The maximum atomic E-state index is 12.8. The molecule has 3 aromatic carbocycles. The lowest BCUT2D eigenvalue weighted by atomic mass is 9.96. The molecule has 1 N–H and O–H groups in total. The molecule has 35 heavy (non-hydrogen) atoms. The molecule has 1 atom stereocenters. The lowest BCUT2D eigenvalue weighted by molar-refractivity contribution is 0.0926. The van der Waals surface area contributed by atoms with Crippen LogP contribution >= 0.6 is 11.3 Å². The smallest absolute Gasteiger partial charge is 0.270 e. The van der Waals surface area contributed by atoms with Crippen LogP contribution in [0.1, 0.15) is 34.5 Å². The van der Waals surface area contributed by atoms with Gasteiger partial charge in [0.05, 0.1) is 0 Å². The first-order valence-electron chi connectivity index (χ1n) is 12.3. The highest BCUT2D eigenvalue weighted by Crippen LogP contribution is 2.24. The average Bonchev–Trinajstić information content (AvgIpc) is 3.39. The van der Waals surface area contributed by atoms with Gasteiger partial charge in [-0.2, -0.15) is 0 Å². The Morgan fingerprint density at radius 2 is 1.89 bits per heavy atom. The Balaban J connectivity index is 1.14. The number of likely N-dealkylation sites (tertiary alicyclic amines) is 1. The second-order valence-electron chi connectivity index (χ2n) is 9.45. The average molecular weight is 485 g/mol. The number of hydrogen-bond acceptors (Lipinski definition) is 5. The molecule has 5 nitrogen and oxygen atoms in total. The Morgan fingerprint density at radius 1 is 1.09 bits per heavy atom. The third-order valence-corrected chi connectivity index (χ3v) is 7.70. The zero-order chi connectivity index (χ0) is 24.0. The van der Waals surface area contributed by atoms with Crippen LogP contribution in [0.4, 0.5) is 5.13 Å². The minimum atomic E-state index is -0.0770. The van der Waals surface area contributed by atoms with Crippen LogP contribution in [0.5, 0.6) is 0 Å². The van der Waals surface area contributed by atoms with Crippen LogP contribution in [0.2, 0.25) is 0 Å². The van der Waals surface area contributed by atoms with E-state index in [1.807, 2.05) is 30.6 Å². The molecule has 5 rings (SSSR count). The number of nitrogens with zero attached hydrogens (tertiary/aromatic N) is 3. The second-order valence-corrected chi connectivity index (χ2v) is 10.3. The standard InChI is InChI=1S/C29H32N4OS/c1-32(18-22-9-3-2-4-10-22)29-31-27(21-35-29)28(34)30-17-23-11-8-16-33(19-23)20-25-14-7-13-24-12-5-6-15-26(24)25/h2-7,9-10,12-15,21,23H,8,11,16-20H2,1H3,(H,30,34)/t23-/m0/s1. The number of amides is 1. The summed E-state index contributed by atoms with van der Waals surface area (Å²) in [6, 6.07) is 25.5. The van der Waals surface area contributed by atoms with Crippen LogP contribution in [-0.4, -0.2) is 42.5 Å². The van der Waals surface area contributed by atoms with Crippen LogP contribution in [-0.2, 0) is 13.1 Å². The van der Waals surface area contributed by atoms with Gasteiger partial charge in [-0.15, -0.1) is 11.3 Å². The van der Waals surface area contributed by atoms with E-state index in [0.717, 1.165) is 44.2 Å². The van der Waals surface area contributed by atoms with E-state index in [1.54, 1.807) is 0 Å². The van der Waals surface area contributed by atoms with Crippen LogP contribution in [0.25, 0.3) is 10.8 Å². The van der Waals surface area contributed by atoms with Gasteiger partial charge >= 0.3 is 0 Å². The van der Waals surface area contributed by atoms with E-state index < -0.39 is 0 Å². The van der Waals surface area contributed by atoms with Crippen LogP contribution in [0.15, 0.2) is 78.2 Å². The molecule has 0 bridgehead atoms. The third-order valence-electron chi connectivity index (χ3n) is 6.74. The van der Waals surface area contributed by atoms with E-state index in [4.69, 9.17) is 0 Å². The van der Waals surface area contributed by atoms with Crippen LogP contribution in [0, 0.1) is 5.92 Å². The molecule has 0 aliphatic carbocycles. The van der Waals surface area contributed by atoms with Gasteiger partial charge in [0.1, 0.15) is 5.69 Å². The quantitative estimate of drug-likeness (QED) is 0.355. The third kappa shape index (κ3) is 5.89. The lowest BCUT2D eigenvalue weighted by Crippen LogP contribution is -2.40. The van der Waals surface area contributed by atoms with Gasteiger partial charge in [0.2, 0.25) is 0 Å². The summed E-state index contributed by atoms with van der Waals surface area (Å²) < 4.78 is 0. The van der Waals surface area contributed by atoms with Crippen LogP contribution in [0.3, 0.4) is 0 Å². The molecule has 6 heteroatoms. The van der Waals surface area contributed by atoms with Gasteiger partial charge in [-0.25, -0.2) is 4.98 Å². The maximum absolute atomic E-state index is 12.8. The van der Waals surface area contributed by atoms with Crippen molar-refractivity contribution in [3.8, 4) is 0 Å². The van der Waals surface area contributed by atoms with E-state index in [0.29, 0.717) is 18.2 Å². The van der Waals surface area contributed by atoms with Crippen molar-refractivity contribution in [3.05, 3.63) is 95.0 Å². The normalized spacial score (nSPS) is 16.3. The summed E-state index contributed by atoms with van der Waals surface area (Å²) in [5.41, 5.74) is 3.11. The highest BCUT2D eigenvalue weighted by Gasteiger charge is 2.22. The minimum Gasteiger partial charge on any atom is -0.350 e. The number of fused-ring (bicyclic) bond motifs is 1. The number of carbonyl (C=O) groups excluding carboxylic acids is 1. The predicted molar refractivity (Wildman–Crippen MR) is 145 cm³/mol. The number of piperidine rings is 1. The van der Waals surface area contributed by atoms with Gasteiger partial charge in [-0.1, -0.05) is 72.8 Å². The van der Waals surface area contributed by atoms with Crippen molar-refractivity contribution in [2.75, 3.05) is 31.6 Å². The van der Waals surface area contributed by atoms with E-state index in [2.05, 4.69) is 74.7 Å². The van der Waals surface area contributed by atoms with Crippen molar-refractivity contribution >= 4 is 33.1 Å². The zero-order valence-electron chi connectivity index (χ0n) is 20.2. The molecular formula is C29H32N4OS. The molecule has 0 radical (unpaired) electrons. The first-order valence-corrected chi connectivity index (χ1v) is 13.2. The fourth-order valence-corrected chi connectivity index (χ4v) is 5.70. The highest BCUT2D eigenvalue weighted by molar-refractivity contribution is 7.13. The van der Waals surface area contributed by atoms with E-state index in [1.165, 1.54) is 33.2 Å². The van der Waals surface area contributed by atoms with Crippen molar-refractivity contribution in [3.63, 3.8) is 0 Å². The SMILES string of the molecule is CN(Cc1ccccc1)c1nc(C(=O)NC[C@@H]2CCCN(Cc3cccc4ccccc34)C2)cs1. The minimum absolute atomic E-state index is 0.0770. The summed E-state index contributed by atoms with van der Waals surface area (Å²) in [5, 5.41) is 8.49. The van der Waals surface area contributed by atoms with Crippen LogP contribution < -0.4 is 10.2 Å². The van der Waals surface area contributed by atoms with Gasteiger partial charge in [0.15, 0.2) is 5.13 Å². The monoisotopic (exact) mass is 484 g/mol. The maximum Gasteiger partial charge on any atom is 0.270 e. The van der Waals surface area contributed by atoms with Crippen molar-refractivity contribution in [2.45, 2.75) is 25.9 Å². The molecule has 180 valence electrons. The zero-order valence-corrected chi connectivity index (χ0v) is 21.0. The van der Waals surface area contributed by atoms with E-state index >= 15 is 0 Å². The fraction of sp³-hybridized carbons (Fsp3) is 0.310. The molecule has 1 amide bonds.